The van der Waals surface area contributed by atoms with Gasteiger partial charge in [0.15, 0.2) is 11.5 Å². The maximum absolute atomic E-state index is 11.5. The van der Waals surface area contributed by atoms with E-state index in [4.69, 9.17) is 9.47 Å². The summed E-state index contributed by atoms with van der Waals surface area (Å²) in [4.78, 5) is 12.4. The monoisotopic (exact) mass is 302 g/mol. The van der Waals surface area contributed by atoms with E-state index in [9.17, 15) is 9.90 Å². The number of fused-ring (bicyclic) bond motifs is 1. The largest absolute Gasteiger partial charge is 0.486 e. The van der Waals surface area contributed by atoms with Gasteiger partial charge in [-0.15, -0.1) is 11.8 Å². The zero-order valence-corrected chi connectivity index (χ0v) is 12.0. The van der Waals surface area contributed by atoms with Crippen LogP contribution >= 0.6 is 11.8 Å². The minimum absolute atomic E-state index is 0.516. The van der Waals surface area contributed by atoms with Crippen LogP contribution in [0.5, 0.6) is 11.5 Å². The topological polar surface area (TPSA) is 55.8 Å². The fourth-order valence-corrected chi connectivity index (χ4v) is 3.11. The van der Waals surface area contributed by atoms with E-state index >= 15 is 0 Å². The van der Waals surface area contributed by atoms with Crippen LogP contribution < -0.4 is 9.47 Å². The SMILES string of the molecule is O=C(O)C(Sc1ccc2c(c1)OCCO2)c1ccccc1. The minimum Gasteiger partial charge on any atom is -0.486 e. The third kappa shape index (κ3) is 3.13. The van der Waals surface area contributed by atoms with Crippen LogP contribution in [0.25, 0.3) is 0 Å². The number of carboxylic acids is 1. The molecule has 1 aliphatic heterocycles. The van der Waals surface area contributed by atoms with Crippen molar-refractivity contribution in [3.05, 3.63) is 54.1 Å². The van der Waals surface area contributed by atoms with Gasteiger partial charge in [-0.25, -0.2) is 0 Å². The number of rotatable bonds is 4. The van der Waals surface area contributed by atoms with E-state index in [-0.39, 0.29) is 0 Å². The Balaban J connectivity index is 1.85. The van der Waals surface area contributed by atoms with Crippen LogP contribution in [0.1, 0.15) is 10.8 Å². The number of carboxylic acid groups (broad SMARTS) is 1. The van der Waals surface area contributed by atoms with Gasteiger partial charge < -0.3 is 14.6 Å². The summed E-state index contributed by atoms with van der Waals surface area (Å²) in [6.45, 7) is 1.06. The minimum atomic E-state index is -0.860. The number of carbonyl (C=O) groups is 1. The number of hydrogen-bond acceptors (Lipinski definition) is 4. The molecule has 0 aromatic heterocycles. The van der Waals surface area contributed by atoms with Gasteiger partial charge in [0, 0.05) is 4.90 Å². The van der Waals surface area contributed by atoms with Gasteiger partial charge in [-0.1, -0.05) is 30.3 Å². The van der Waals surface area contributed by atoms with E-state index in [1.165, 1.54) is 11.8 Å². The standard InChI is InChI=1S/C16H14O4S/c17-16(18)15(11-4-2-1-3-5-11)21-12-6-7-13-14(10-12)20-9-8-19-13/h1-7,10,15H,8-9H2,(H,17,18). The Morgan fingerprint density at radius 1 is 1.05 bits per heavy atom. The van der Waals surface area contributed by atoms with Crippen LogP contribution in [0.15, 0.2) is 53.4 Å². The van der Waals surface area contributed by atoms with Gasteiger partial charge in [0.2, 0.25) is 0 Å². The quantitative estimate of drug-likeness (QED) is 0.878. The number of aliphatic carboxylic acids is 1. The van der Waals surface area contributed by atoms with E-state index in [0.29, 0.717) is 24.7 Å². The molecule has 0 aliphatic carbocycles. The molecule has 0 saturated heterocycles. The molecule has 0 bridgehead atoms. The Hall–Kier alpha value is -2.14. The molecule has 108 valence electrons. The predicted molar refractivity (Wildman–Crippen MR) is 80.1 cm³/mol. The van der Waals surface area contributed by atoms with Crippen molar-refractivity contribution in [3.63, 3.8) is 0 Å². The molecule has 0 spiro atoms. The lowest BCUT2D eigenvalue weighted by Gasteiger charge is -2.19. The summed E-state index contributed by atoms with van der Waals surface area (Å²) in [6, 6.07) is 14.7. The molecule has 3 rings (SSSR count). The van der Waals surface area contributed by atoms with E-state index in [2.05, 4.69) is 0 Å². The lowest BCUT2D eigenvalue weighted by molar-refractivity contribution is -0.136. The average Bonchev–Trinajstić information content (AvgIpc) is 2.53. The number of benzene rings is 2. The van der Waals surface area contributed by atoms with Crippen LogP contribution in [0.4, 0.5) is 0 Å². The molecule has 1 unspecified atom stereocenters. The van der Waals surface area contributed by atoms with Gasteiger partial charge in [0.25, 0.3) is 0 Å². The van der Waals surface area contributed by atoms with Crippen LogP contribution in [0.2, 0.25) is 0 Å². The molecular weight excluding hydrogens is 288 g/mol. The van der Waals surface area contributed by atoms with Gasteiger partial charge in [0.1, 0.15) is 18.5 Å². The van der Waals surface area contributed by atoms with E-state index < -0.39 is 11.2 Å². The number of thioether (sulfide) groups is 1. The van der Waals surface area contributed by atoms with E-state index in [1.54, 1.807) is 0 Å². The molecule has 0 radical (unpaired) electrons. The molecule has 5 heteroatoms. The lowest BCUT2D eigenvalue weighted by Crippen LogP contribution is -2.15. The second-order valence-corrected chi connectivity index (χ2v) is 5.73. The predicted octanol–water partition coefficient (Wildman–Crippen LogP) is 3.38. The smallest absolute Gasteiger partial charge is 0.321 e. The summed E-state index contributed by atoms with van der Waals surface area (Å²) in [7, 11) is 0. The molecule has 1 heterocycles. The Bertz CT molecular complexity index is 642. The third-order valence-corrected chi connectivity index (χ3v) is 4.33. The molecular formula is C16H14O4S. The molecule has 2 aromatic carbocycles. The summed E-state index contributed by atoms with van der Waals surface area (Å²) in [5.41, 5.74) is 0.768. The van der Waals surface area contributed by atoms with Crippen molar-refractivity contribution in [1.29, 1.82) is 0 Å². The van der Waals surface area contributed by atoms with Crippen LogP contribution in [-0.2, 0) is 4.79 Å². The van der Waals surface area contributed by atoms with Crippen molar-refractivity contribution in [2.24, 2.45) is 0 Å². The van der Waals surface area contributed by atoms with Crippen LogP contribution in [-0.4, -0.2) is 24.3 Å². The molecule has 2 aromatic rings. The molecule has 1 N–H and O–H groups in total. The maximum atomic E-state index is 11.5. The first-order chi connectivity index (χ1) is 10.2. The van der Waals surface area contributed by atoms with E-state index in [1.807, 2.05) is 48.5 Å². The van der Waals surface area contributed by atoms with Crippen molar-refractivity contribution in [2.45, 2.75) is 10.1 Å². The molecule has 1 atom stereocenters. The highest BCUT2D eigenvalue weighted by atomic mass is 32.2. The summed E-state index contributed by atoms with van der Waals surface area (Å²) in [5.74, 6) is 0.515. The molecule has 1 aliphatic rings. The average molecular weight is 302 g/mol. The zero-order valence-electron chi connectivity index (χ0n) is 11.2. The first-order valence-electron chi connectivity index (χ1n) is 6.58. The summed E-state index contributed by atoms with van der Waals surface area (Å²) < 4.78 is 11.0. The van der Waals surface area contributed by atoms with Crippen molar-refractivity contribution in [1.82, 2.24) is 0 Å². The van der Waals surface area contributed by atoms with Gasteiger partial charge in [-0.05, 0) is 23.8 Å². The highest BCUT2D eigenvalue weighted by molar-refractivity contribution is 8.00. The third-order valence-electron chi connectivity index (χ3n) is 3.09. The van der Waals surface area contributed by atoms with Crippen LogP contribution in [0.3, 0.4) is 0 Å². The Kier molecular flexibility index (Phi) is 4.01. The van der Waals surface area contributed by atoms with Gasteiger partial charge in [-0.2, -0.15) is 0 Å². The molecule has 4 nitrogen and oxygen atoms in total. The van der Waals surface area contributed by atoms with Crippen molar-refractivity contribution >= 4 is 17.7 Å². The van der Waals surface area contributed by atoms with Crippen molar-refractivity contribution < 1.29 is 19.4 Å². The summed E-state index contributed by atoms with van der Waals surface area (Å²) >= 11 is 1.29. The Morgan fingerprint density at radius 2 is 1.76 bits per heavy atom. The Labute approximate surface area is 126 Å². The number of hydrogen-bond donors (Lipinski definition) is 1. The lowest BCUT2D eigenvalue weighted by atomic mass is 10.1. The van der Waals surface area contributed by atoms with Crippen molar-refractivity contribution in [2.75, 3.05) is 13.2 Å². The fourth-order valence-electron chi connectivity index (χ4n) is 2.12. The molecule has 0 fully saturated rings. The first kappa shape index (κ1) is 13.8. The Morgan fingerprint density at radius 3 is 2.48 bits per heavy atom. The van der Waals surface area contributed by atoms with Gasteiger partial charge in [0.05, 0.1) is 0 Å². The highest BCUT2D eigenvalue weighted by Crippen LogP contribution is 2.40. The zero-order chi connectivity index (χ0) is 14.7. The highest BCUT2D eigenvalue weighted by Gasteiger charge is 2.22. The summed E-state index contributed by atoms with van der Waals surface area (Å²) in [5, 5.41) is 8.80. The summed E-state index contributed by atoms with van der Waals surface area (Å²) in [6.07, 6.45) is 0. The second kappa shape index (κ2) is 6.10. The second-order valence-electron chi connectivity index (χ2n) is 4.55. The van der Waals surface area contributed by atoms with Gasteiger partial charge in [-0.3, -0.25) is 4.79 Å². The van der Waals surface area contributed by atoms with Crippen molar-refractivity contribution in [3.8, 4) is 11.5 Å². The fraction of sp³-hybridized carbons (Fsp3) is 0.188. The van der Waals surface area contributed by atoms with Gasteiger partial charge >= 0.3 is 5.97 Å². The normalized spacial score (nSPS) is 14.5. The van der Waals surface area contributed by atoms with E-state index in [0.717, 1.165) is 10.5 Å². The molecule has 21 heavy (non-hydrogen) atoms. The van der Waals surface area contributed by atoms with Crippen LogP contribution in [0, 0.1) is 0 Å². The molecule has 0 amide bonds. The first-order valence-corrected chi connectivity index (χ1v) is 7.46. The number of ether oxygens (including phenoxy) is 2. The maximum Gasteiger partial charge on any atom is 0.321 e. The molecule has 0 saturated carbocycles.